The lowest BCUT2D eigenvalue weighted by Crippen LogP contribution is -2.49. The van der Waals surface area contributed by atoms with Crippen molar-refractivity contribution < 1.29 is 0 Å². The maximum absolute atomic E-state index is 9.57. The third kappa shape index (κ3) is 5.81. The molecule has 1 saturated carbocycles. The first-order valence-corrected chi connectivity index (χ1v) is 11.7. The molecular formula is C24H32Cl2N10. The fourth-order valence-corrected chi connectivity index (χ4v) is 4.39. The molecule has 1 saturated heterocycles. The molecule has 5 rings (SSSR count). The predicted molar refractivity (Wildman–Crippen MR) is 146 cm³/mol. The molecule has 3 N–H and O–H groups in total. The summed E-state index contributed by atoms with van der Waals surface area (Å²) in [4.78, 5) is 16.3. The van der Waals surface area contributed by atoms with Gasteiger partial charge in [0.15, 0.2) is 11.6 Å². The zero-order valence-electron chi connectivity index (χ0n) is 20.9. The number of nitrogens with zero attached hydrogens (tertiary/aromatic N) is 7. The van der Waals surface area contributed by atoms with Gasteiger partial charge < -0.3 is 20.9 Å². The van der Waals surface area contributed by atoms with Crippen molar-refractivity contribution in [3.8, 4) is 6.07 Å². The first-order chi connectivity index (χ1) is 16.4. The normalized spacial score (nSPS) is 17.0. The Labute approximate surface area is 223 Å². The van der Waals surface area contributed by atoms with Gasteiger partial charge in [-0.05, 0) is 51.2 Å². The molecule has 1 unspecified atom stereocenters. The Bertz CT molecular complexity index is 1250. The van der Waals surface area contributed by atoms with Crippen LogP contribution in [-0.4, -0.2) is 50.4 Å². The van der Waals surface area contributed by atoms with E-state index in [0.29, 0.717) is 35.1 Å². The van der Waals surface area contributed by atoms with Gasteiger partial charge in [0.05, 0.1) is 23.1 Å². The summed E-state index contributed by atoms with van der Waals surface area (Å²) in [5.74, 6) is 2.97. The van der Waals surface area contributed by atoms with Crippen molar-refractivity contribution in [1.29, 1.82) is 5.26 Å². The summed E-state index contributed by atoms with van der Waals surface area (Å²) in [7, 11) is 1.92. The van der Waals surface area contributed by atoms with Crippen molar-refractivity contribution in [2.75, 3.05) is 35.2 Å². The minimum atomic E-state index is 0. The van der Waals surface area contributed by atoms with E-state index < -0.39 is 0 Å². The Morgan fingerprint density at radius 1 is 1.11 bits per heavy atom. The van der Waals surface area contributed by atoms with Crippen molar-refractivity contribution in [2.24, 2.45) is 7.05 Å². The number of halogens is 2. The second-order valence-corrected chi connectivity index (χ2v) is 9.22. The van der Waals surface area contributed by atoms with Gasteiger partial charge in [0, 0.05) is 44.5 Å². The summed E-state index contributed by atoms with van der Waals surface area (Å²) in [6.45, 7) is 8.71. The fraction of sp³-hybridized carbons (Fsp3) is 0.458. The third-order valence-corrected chi connectivity index (χ3v) is 6.44. The van der Waals surface area contributed by atoms with Crippen LogP contribution in [0.3, 0.4) is 0 Å². The number of aryl methyl sites for hydroxylation is 3. The lowest BCUT2D eigenvalue weighted by molar-refractivity contribution is 0.484. The predicted octanol–water partition coefficient (Wildman–Crippen LogP) is 4.10. The summed E-state index contributed by atoms with van der Waals surface area (Å²) in [6, 6.07) is 6.65. The molecule has 192 valence electrons. The highest BCUT2D eigenvalue weighted by atomic mass is 35.5. The third-order valence-electron chi connectivity index (χ3n) is 6.44. The first kappa shape index (κ1) is 27.5. The Hall–Kier alpha value is -3.13. The Balaban J connectivity index is 0.00000180. The van der Waals surface area contributed by atoms with E-state index in [1.165, 1.54) is 0 Å². The number of nitriles is 1. The Kier molecular flexibility index (Phi) is 8.61. The van der Waals surface area contributed by atoms with Crippen molar-refractivity contribution in [3.05, 3.63) is 40.8 Å². The van der Waals surface area contributed by atoms with E-state index in [4.69, 9.17) is 4.98 Å². The highest BCUT2D eigenvalue weighted by molar-refractivity contribution is 5.85. The minimum absolute atomic E-state index is 0. The van der Waals surface area contributed by atoms with E-state index in [9.17, 15) is 5.26 Å². The number of anilines is 5. The SMILES string of the molecule is Cc1nc(Nc2ncc(N3CCNC(C)C3)c(Nc3cc(C)n(C)n3)n2)cc(C2CC2)c1C#N.Cl.Cl. The molecule has 0 amide bonds. The minimum Gasteiger partial charge on any atom is -0.364 e. The molecule has 0 aromatic carbocycles. The van der Waals surface area contributed by atoms with Crippen LogP contribution in [0.1, 0.15) is 48.2 Å². The molecule has 2 aliphatic rings. The zero-order chi connectivity index (χ0) is 23.8. The first-order valence-electron chi connectivity index (χ1n) is 11.7. The molecule has 0 spiro atoms. The van der Waals surface area contributed by atoms with E-state index in [2.05, 4.69) is 48.9 Å². The number of pyridine rings is 1. The molecule has 0 radical (unpaired) electrons. The fourth-order valence-electron chi connectivity index (χ4n) is 4.39. The molecular weight excluding hydrogens is 499 g/mol. The second-order valence-electron chi connectivity index (χ2n) is 9.22. The monoisotopic (exact) mass is 530 g/mol. The number of nitrogens with one attached hydrogen (secondary N) is 3. The quantitative estimate of drug-likeness (QED) is 0.432. The zero-order valence-corrected chi connectivity index (χ0v) is 22.5. The smallest absolute Gasteiger partial charge is 0.230 e. The van der Waals surface area contributed by atoms with Gasteiger partial charge in [0.25, 0.3) is 0 Å². The van der Waals surface area contributed by atoms with Crippen LogP contribution < -0.4 is 20.9 Å². The van der Waals surface area contributed by atoms with E-state index in [1.54, 1.807) is 0 Å². The summed E-state index contributed by atoms with van der Waals surface area (Å²) in [5, 5.41) is 24.2. The van der Waals surface area contributed by atoms with E-state index in [1.807, 2.05) is 43.9 Å². The number of piperazine rings is 1. The van der Waals surface area contributed by atoms with Gasteiger partial charge in [-0.15, -0.1) is 24.8 Å². The molecule has 10 nitrogen and oxygen atoms in total. The van der Waals surface area contributed by atoms with Gasteiger partial charge in [0.1, 0.15) is 11.9 Å². The Morgan fingerprint density at radius 2 is 1.89 bits per heavy atom. The Morgan fingerprint density at radius 3 is 2.53 bits per heavy atom. The van der Waals surface area contributed by atoms with Crippen molar-refractivity contribution in [1.82, 2.24) is 30.0 Å². The maximum Gasteiger partial charge on any atom is 0.230 e. The van der Waals surface area contributed by atoms with Gasteiger partial charge in [-0.3, -0.25) is 4.68 Å². The topological polar surface area (TPSA) is 120 Å². The van der Waals surface area contributed by atoms with Crippen LogP contribution in [0.4, 0.5) is 29.1 Å². The lowest BCUT2D eigenvalue weighted by atomic mass is 10.0. The molecule has 4 heterocycles. The van der Waals surface area contributed by atoms with Crippen LogP contribution in [0.2, 0.25) is 0 Å². The molecule has 0 bridgehead atoms. The largest absolute Gasteiger partial charge is 0.364 e. The van der Waals surface area contributed by atoms with Crippen LogP contribution in [0.5, 0.6) is 0 Å². The highest BCUT2D eigenvalue weighted by Gasteiger charge is 2.28. The van der Waals surface area contributed by atoms with Crippen LogP contribution in [0.25, 0.3) is 0 Å². The van der Waals surface area contributed by atoms with Gasteiger partial charge in [0.2, 0.25) is 5.95 Å². The van der Waals surface area contributed by atoms with Crippen LogP contribution >= 0.6 is 24.8 Å². The maximum atomic E-state index is 9.57. The summed E-state index contributed by atoms with van der Waals surface area (Å²) < 4.78 is 1.83. The average molecular weight is 531 g/mol. The second kappa shape index (κ2) is 11.3. The van der Waals surface area contributed by atoms with E-state index in [0.717, 1.165) is 60.9 Å². The highest BCUT2D eigenvalue weighted by Crippen LogP contribution is 2.43. The molecule has 36 heavy (non-hydrogen) atoms. The molecule has 1 aliphatic heterocycles. The average Bonchev–Trinajstić information content (AvgIpc) is 3.59. The van der Waals surface area contributed by atoms with E-state index in [-0.39, 0.29) is 24.8 Å². The summed E-state index contributed by atoms with van der Waals surface area (Å²) in [5.41, 5.74) is 4.46. The number of hydrogen-bond acceptors (Lipinski definition) is 9. The molecule has 3 aromatic heterocycles. The van der Waals surface area contributed by atoms with Gasteiger partial charge in [-0.25, -0.2) is 9.97 Å². The van der Waals surface area contributed by atoms with Gasteiger partial charge in [-0.1, -0.05) is 0 Å². The van der Waals surface area contributed by atoms with Crippen LogP contribution in [-0.2, 0) is 7.05 Å². The van der Waals surface area contributed by atoms with Crippen molar-refractivity contribution in [3.63, 3.8) is 0 Å². The van der Waals surface area contributed by atoms with Crippen molar-refractivity contribution >= 4 is 53.9 Å². The molecule has 2 fully saturated rings. The molecule has 1 aliphatic carbocycles. The van der Waals surface area contributed by atoms with Crippen LogP contribution in [0, 0.1) is 25.2 Å². The van der Waals surface area contributed by atoms with E-state index >= 15 is 0 Å². The summed E-state index contributed by atoms with van der Waals surface area (Å²) >= 11 is 0. The molecule has 3 aromatic rings. The molecule has 1 atom stereocenters. The lowest BCUT2D eigenvalue weighted by Gasteiger charge is -2.34. The van der Waals surface area contributed by atoms with Crippen molar-refractivity contribution in [2.45, 2.75) is 45.6 Å². The number of rotatable bonds is 6. The molecule has 12 heteroatoms. The summed E-state index contributed by atoms with van der Waals surface area (Å²) in [6.07, 6.45) is 4.08. The number of hydrogen-bond donors (Lipinski definition) is 3. The van der Waals surface area contributed by atoms with Gasteiger partial charge >= 0.3 is 0 Å². The standard InChI is InChI=1S/C24H30N10.2ClH/c1-14-13-34(8-7-26-14)20-12-27-24(31-23(20)29-22-9-15(2)33(4)32-22)30-21-10-18(17-5-6-17)19(11-25)16(3)28-21;;/h9-10,12,14,17,26H,5-8,13H2,1-4H3,(H2,27,28,29,30,31,32);2*1H. The van der Waals surface area contributed by atoms with Gasteiger partial charge in [-0.2, -0.15) is 15.3 Å². The van der Waals surface area contributed by atoms with Crippen LogP contribution in [0.15, 0.2) is 18.3 Å². The number of aromatic nitrogens is 5.